The molecule has 2 unspecified atom stereocenters. The first-order valence-electron chi connectivity index (χ1n) is 6.68. The van der Waals surface area contributed by atoms with Crippen LogP contribution in [-0.4, -0.2) is 45.0 Å². The first-order chi connectivity index (χ1) is 10.5. The normalized spacial score (nSPS) is 23.9. The summed E-state index contributed by atoms with van der Waals surface area (Å²) in [6.45, 7) is 1.71. The van der Waals surface area contributed by atoms with Crippen LogP contribution in [0.15, 0.2) is 28.8 Å². The summed E-state index contributed by atoms with van der Waals surface area (Å²) in [5.41, 5.74) is 0.725. The molecule has 6 nitrogen and oxygen atoms in total. The van der Waals surface area contributed by atoms with Crippen LogP contribution in [0.3, 0.4) is 0 Å². The van der Waals surface area contributed by atoms with E-state index in [4.69, 9.17) is 0 Å². The van der Waals surface area contributed by atoms with E-state index in [9.17, 15) is 19.5 Å². The number of nitrogens with zero attached hydrogens (tertiary/aromatic N) is 1. The first kappa shape index (κ1) is 15.1. The maximum atomic E-state index is 12.2. The molecule has 22 heavy (non-hydrogen) atoms. The molecule has 0 aliphatic carbocycles. The number of thiophene rings is 1. The second-order valence-corrected chi connectivity index (χ2v) is 7.28. The van der Waals surface area contributed by atoms with Gasteiger partial charge in [-0.25, -0.2) is 4.79 Å². The van der Waals surface area contributed by atoms with E-state index in [0.717, 1.165) is 4.88 Å². The summed E-state index contributed by atoms with van der Waals surface area (Å²) in [4.78, 5) is 37.7. The number of fused-ring (bicyclic) bond motifs is 1. The molecule has 2 amide bonds. The molecule has 0 bridgehead atoms. The molecule has 3 heterocycles. The van der Waals surface area contributed by atoms with E-state index in [1.807, 2.05) is 17.5 Å². The number of aliphatic carboxylic acids is 1. The van der Waals surface area contributed by atoms with Gasteiger partial charge in [0.15, 0.2) is 0 Å². The van der Waals surface area contributed by atoms with Gasteiger partial charge in [0, 0.05) is 10.6 Å². The molecule has 2 N–H and O–H groups in total. The lowest BCUT2D eigenvalue weighted by molar-refractivity contribution is -0.150. The number of nitrogens with one attached hydrogen (secondary N) is 1. The minimum absolute atomic E-state index is 0.0532. The summed E-state index contributed by atoms with van der Waals surface area (Å²) >= 11 is 2.96. The van der Waals surface area contributed by atoms with Gasteiger partial charge in [0.05, 0.1) is 6.42 Å². The van der Waals surface area contributed by atoms with Crippen LogP contribution in [-0.2, 0) is 20.8 Å². The molecule has 1 fully saturated rings. The number of carbonyl (C=O) groups is 3. The number of amides is 2. The summed E-state index contributed by atoms with van der Waals surface area (Å²) in [5.74, 6) is -1.12. The van der Waals surface area contributed by atoms with Gasteiger partial charge in [-0.05, 0) is 23.9 Å². The van der Waals surface area contributed by atoms with Gasteiger partial charge in [0.1, 0.15) is 17.1 Å². The van der Waals surface area contributed by atoms with E-state index in [-0.39, 0.29) is 29.3 Å². The Morgan fingerprint density at radius 2 is 2.27 bits per heavy atom. The average molecular weight is 338 g/mol. The Kier molecular flexibility index (Phi) is 3.96. The predicted molar refractivity (Wildman–Crippen MR) is 83.4 cm³/mol. The molecule has 0 saturated carbocycles. The highest BCUT2D eigenvalue weighted by atomic mass is 32.2. The second-order valence-electron chi connectivity index (χ2n) is 5.15. The summed E-state index contributed by atoms with van der Waals surface area (Å²) in [7, 11) is 0. The maximum Gasteiger partial charge on any atom is 0.352 e. The van der Waals surface area contributed by atoms with E-state index >= 15 is 0 Å². The van der Waals surface area contributed by atoms with Crippen molar-refractivity contribution < 1.29 is 19.5 Å². The molecule has 2 aliphatic rings. The highest BCUT2D eigenvalue weighted by Gasteiger charge is 2.53. The highest BCUT2D eigenvalue weighted by Crippen LogP contribution is 2.40. The third-order valence-electron chi connectivity index (χ3n) is 3.59. The molecule has 8 heteroatoms. The Labute approximate surface area is 135 Å². The molecule has 1 saturated heterocycles. The molecule has 2 aliphatic heterocycles. The van der Waals surface area contributed by atoms with Crippen molar-refractivity contribution in [1.82, 2.24) is 10.2 Å². The largest absolute Gasteiger partial charge is 0.477 e. The van der Waals surface area contributed by atoms with E-state index in [0.29, 0.717) is 11.3 Å². The Morgan fingerprint density at radius 3 is 2.91 bits per heavy atom. The number of hydrogen-bond acceptors (Lipinski definition) is 5. The molecule has 0 aromatic carbocycles. The van der Waals surface area contributed by atoms with Gasteiger partial charge in [0.2, 0.25) is 5.91 Å². The zero-order chi connectivity index (χ0) is 15.9. The zero-order valence-corrected chi connectivity index (χ0v) is 13.4. The van der Waals surface area contributed by atoms with E-state index in [1.54, 1.807) is 6.92 Å². The Morgan fingerprint density at radius 1 is 1.50 bits per heavy atom. The van der Waals surface area contributed by atoms with Crippen molar-refractivity contribution in [3.63, 3.8) is 0 Å². The fraction of sp³-hybridized carbons (Fsp3) is 0.357. The Bertz CT molecular complexity index is 668. The highest BCUT2D eigenvalue weighted by molar-refractivity contribution is 8.00. The average Bonchev–Trinajstić information content (AvgIpc) is 2.97. The predicted octanol–water partition coefficient (Wildman–Crippen LogP) is 1.05. The maximum absolute atomic E-state index is 12.2. The van der Waals surface area contributed by atoms with Crippen LogP contribution < -0.4 is 5.32 Å². The fourth-order valence-corrected chi connectivity index (χ4v) is 4.57. The molecular weight excluding hydrogens is 324 g/mol. The van der Waals surface area contributed by atoms with Crippen LogP contribution in [0, 0.1) is 0 Å². The summed E-state index contributed by atoms with van der Waals surface area (Å²) in [6.07, 6.45) is 0.236. The van der Waals surface area contributed by atoms with Crippen LogP contribution >= 0.6 is 23.1 Å². The van der Waals surface area contributed by atoms with Gasteiger partial charge in [-0.2, -0.15) is 0 Å². The lowest BCUT2D eigenvalue weighted by Gasteiger charge is -2.49. The van der Waals surface area contributed by atoms with Gasteiger partial charge in [-0.3, -0.25) is 14.5 Å². The molecule has 1 aromatic heterocycles. The van der Waals surface area contributed by atoms with Crippen LogP contribution in [0.4, 0.5) is 0 Å². The molecule has 3 rings (SSSR count). The summed E-state index contributed by atoms with van der Waals surface area (Å²) < 4.78 is 0. The zero-order valence-electron chi connectivity index (χ0n) is 11.7. The lowest BCUT2D eigenvalue weighted by atomic mass is 10.0. The number of carbonyl (C=O) groups excluding carboxylic acids is 2. The van der Waals surface area contributed by atoms with Gasteiger partial charge in [-0.15, -0.1) is 23.1 Å². The van der Waals surface area contributed by atoms with Crippen molar-refractivity contribution in [3.8, 4) is 0 Å². The molecule has 116 valence electrons. The third kappa shape index (κ3) is 2.52. The van der Waals surface area contributed by atoms with E-state index in [2.05, 4.69) is 5.32 Å². The van der Waals surface area contributed by atoms with Crippen molar-refractivity contribution >= 4 is 40.9 Å². The van der Waals surface area contributed by atoms with Crippen LogP contribution in [0.25, 0.3) is 0 Å². The number of rotatable bonds is 4. The molecule has 1 aromatic rings. The topological polar surface area (TPSA) is 86.7 Å². The van der Waals surface area contributed by atoms with Crippen molar-refractivity contribution in [2.75, 3.05) is 5.75 Å². The number of thioether (sulfide) groups is 1. The third-order valence-corrected chi connectivity index (χ3v) is 5.89. The van der Waals surface area contributed by atoms with Crippen LogP contribution in [0.1, 0.15) is 11.8 Å². The van der Waals surface area contributed by atoms with Crippen molar-refractivity contribution in [3.05, 3.63) is 33.7 Å². The smallest absolute Gasteiger partial charge is 0.352 e. The monoisotopic (exact) mass is 338 g/mol. The van der Waals surface area contributed by atoms with E-state index in [1.165, 1.54) is 28.0 Å². The second kappa shape index (κ2) is 5.77. The molecular formula is C14H14N2O4S2. The number of β-lactam (4-membered cyclic amide) rings is 1. The quantitative estimate of drug-likeness (QED) is 0.802. The molecule has 2 atom stereocenters. The standard InChI is InChI=1S/C14H14N2O4S2/c1-7-6-22-13-10(12(18)16(13)11(7)14(19)20)15-9(17)5-8-3-2-4-21-8/h2-4,10,13H,5-6H2,1H3,(H,15,17)(H,19,20). The Hall–Kier alpha value is -1.80. The minimum atomic E-state index is -1.10. The van der Waals surface area contributed by atoms with Gasteiger partial charge in [-0.1, -0.05) is 6.07 Å². The Balaban J connectivity index is 1.68. The van der Waals surface area contributed by atoms with Crippen LogP contribution in [0.2, 0.25) is 0 Å². The van der Waals surface area contributed by atoms with E-state index < -0.39 is 12.0 Å². The van der Waals surface area contributed by atoms with Crippen LogP contribution in [0.5, 0.6) is 0 Å². The molecule has 0 spiro atoms. The fourth-order valence-electron chi connectivity index (χ4n) is 2.57. The van der Waals surface area contributed by atoms with Gasteiger partial charge in [0.25, 0.3) is 5.91 Å². The lowest BCUT2D eigenvalue weighted by Crippen LogP contribution is -2.70. The minimum Gasteiger partial charge on any atom is -0.477 e. The van der Waals surface area contributed by atoms with Gasteiger partial charge < -0.3 is 10.4 Å². The SMILES string of the molecule is CC1=C(C(=O)O)N2C(=O)C(NC(=O)Cc3cccs3)C2SC1. The van der Waals surface area contributed by atoms with Gasteiger partial charge >= 0.3 is 5.97 Å². The number of hydrogen-bond donors (Lipinski definition) is 2. The van der Waals surface area contributed by atoms with Crippen molar-refractivity contribution in [2.45, 2.75) is 24.8 Å². The van der Waals surface area contributed by atoms with Crippen molar-refractivity contribution in [1.29, 1.82) is 0 Å². The van der Waals surface area contributed by atoms with Crippen molar-refractivity contribution in [2.24, 2.45) is 0 Å². The number of carboxylic acids is 1. The first-order valence-corrected chi connectivity index (χ1v) is 8.61. The summed E-state index contributed by atoms with van der Waals surface area (Å²) in [6, 6.07) is 3.09. The summed E-state index contributed by atoms with van der Waals surface area (Å²) in [5, 5.41) is 13.5. The number of carboxylic acid groups (broad SMARTS) is 1. The molecule has 0 radical (unpaired) electrons.